The molecule has 5 nitrogen and oxygen atoms in total. The van der Waals surface area contributed by atoms with Crippen LogP contribution in [0.15, 0.2) is 18.2 Å². The van der Waals surface area contributed by atoms with Gasteiger partial charge in [0.1, 0.15) is 13.2 Å². The number of fused-ring (bicyclic) bond motifs is 1. The van der Waals surface area contributed by atoms with E-state index < -0.39 is 6.10 Å². The largest absolute Gasteiger partial charge is 0.486 e. The summed E-state index contributed by atoms with van der Waals surface area (Å²) in [7, 11) is 0. The van der Waals surface area contributed by atoms with Gasteiger partial charge >= 0.3 is 0 Å². The van der Waals surface area contributed by atoms with Gasteiger partial charge in [0.05, 0.1) is 6.10 Å². The normalized spacial score (nSPS) is 18.8. The smallest absolute Gasteiger partial charge is 0.223 e. The van der Waals surface area contributed by atoms with E-state index in [0.717, 1.165) is 18.4 Å². The van der Waals surface area contributed by atoms with Gasteiger partial charge in [0.2, 0.25) is 5.91 Å². The van der Waals surface area contributed by atoms with Crippen LogP contribution < -0.4 is 14.8 Å². The molecule has 2 N–H and O–H groups in total. The Balaban J connectivity index is 1.62. The van der Waals surface area contributed by atoms with Crippen LogP contribution >= 0.6 is 0 Å². The van der Waals surface area contributed by atoms with Crippen LogP contribution in [0.4, 0.5) is 0 Å². The number of rotatable bonds is 4. The van der Waals surface area contributed by atoms with E-state index >= 15 is 0 Å². The minimum absolute atomic E-state index is 0.0385. The van der Waals surface area contributed by atoms with E-state index in [1.54, 1.807) is 18.2 Å². The highest BCUT2D eigenvalue weighted by Gasteiger charge is 2.29. The molecule has 0 spiro atoms. The minimum Gasteiger partial charge on any atom is -0.486 e. The summed E-state index contributed by atoms with van der Waals surface area (Å²) in [6.07, 6.45) is 1.20. The van der Waals surface area contributed by atoms with Gasteiger partial charge < -0.3 is 19.9 Å². The Labute approximate surface area is 111 Å². The van der Waals surface area contributed by atoms with Crippen molar-refractivity contribution < 1.29 is 19.4 Å². The fourth-order valence-electron chi connectivity index (χ4n) is 2.07. The first-order valence-corrected chi connectivity index (χ1v) is 6.59. The lowest BCUT2D eigenvalue weighted by Gasteiger charge is -2.20. The second-order valence-corrected chi connectivity index (χ2v) is 4.94. The number of ether oxygens (including phenoxy) is 2. The maximum absolute atomic E-state index is 11.5. The number of carbonyl (C=O) groups excluding carboxylic acids is 1. The van der Waals surface area contributed by atoms with E-state index in [2.05, 4.69) is 5.32 Å². The summed E-state index contributed by atoms with van der Waals surface area (Å²) in [5.41, 5.74) is 0.723. The van der Waals surface area contributed by atoms with E-state index in [0.29, 0.717) is 24.7 Å². The monoisotopic (exact) mass is 263 g/mol. The maximum Gasteiger partial charge on any atom is 0.223 e. The molecule has 0 aromatic heterocycles. The average molecular weight is 263 g/mol. The summed E-state index contributed by atoms with van der Waals surface area (Å²) < 4.78 is 10.9. The van der Waals surface area contributed by atoms with Crippen molar-refractivity contribution in [1.29, 1.82) is 0 Å². The molecule has 2 aliphatic rings. The zero-order valence-electron chi connectivity index (χ0n) is 10.6. The molecule has 1 saturated carbocycles. The summed E-state index contributed by atoms with van der Waals surface area (Å²) in [6, 6.07) is 5.35. The molecule has 0 unspecified atom stereocenters. The summed E-state index contributed by atoms with van der Waals surface area (Å²) in [6.45, 7) is 1.30. The maximum atomic E-state index is 11.5. The fraction of sp³-hybridized carbons (Fsp3) is 0.500. The molecule has 5 heteroatoms. The van der Waals surface area contributed by atoms with Crippen molar-refractivity contribution in [3.8, 4) is 11.5 Å². The van der Waals surface area contributed by atoms with Gasteiger partial charge in [-0.2, -0.15) is 0 Å². The van der Waals surface area contributed by atoms with Crippen molar-refractivity contribution in [3.63, 3.8) is 0 Å². The van der Waals surface area contributed by atoms with Gasteiger partial charge in [0.15, 0.2) is 11.5 Å². The van der Waals surface area contributed by atoms with Gasteiger partial charge in [-0.1, -0.05) is 6.07 Å². The van der Waals surface area contributed by atoms with Gasteiger partial charge in [-0.25, -0.2) is 0 Å². The highest BCUT2D eigenvalue weighted by atomic mass is 16.6. The van der Waals surface area contributed by atoms with E-state index in [1.807, 2.05) is 0 Å². The zero-order valence-corrected chi connectivity index (χ0v) is 10.6. The lowest BCUT2D eigenvalue weighted by Crippen LogP contribution is -2.29. The van der Waals surface area contributed by atoms with Gasteiger partial charge in [0.25, 0.3) is 0 Å². The first-order chi connectivity index (χ1) is 9.24. The van der Waals surface area contributed by atoms with Crippen LogP contribution in [0.3, 0.4) is 0 Å². The third kappa shape index (κ3) is 2.81. The molecule has 3 rings (SSSR count). The molecular formula is C14H17NO4. The third-order valence-electron chi connectivity index (χ3n) is 3.37. The summed E-state index contributed by atoms with van der Waals surface area (Å²) in [4.78, 5) is 11.5. The Kier molecular flexibility index (Phi) is 3.29. The second-order valence-electron chi connectivity index (χ2n) is 4.94. The van der Waals surface area contributed by atoms with E-state index in [4.69, 9.17) is 9.47 Å². The van der Waals surface area contributed by atoms with Gasteiger partial charge in [0, 0.05) is 12.5 Å². The Morgan fingerprint density at radius 2 is 2.05 bits per heavy atom. The highest BCUT2D eigenvalue weighted by molar-refractivity contribution is 5.80. The number of aliphatic hydroxyl groups excluding tert-OH is 1. The van der Waals surface area contributed by atoms with Gasteiger partial charge in [-0.05, 0) is 30.5 Å². The number of benzene rings is 1. The molecule has 19 heavy (non-hydrogen) atoms. The lowest BCUT2D eigenvalue weighted by atomic mass is 10.1. The number of aliphatic hydroxyl groups is 1. The Hall–Kier alpha value is -1.75. The Morgan fingerprint density at radius 3 is 2.79 bits per heavy atom. The van der Waals surface area contributed by atoms with Crippen molar-refractivity contribution in [2.24, 2.45) is 5.92 Å². The van der Waals surface area contributed by atoms with Crippen LogP contribution in [-0.4, -0.2) is 30.8 Å². The van der Waals surface area contributed by atoms with Crippen molar-refractivity contribution in [2.75, 3.05) is 19.8 Å². The van der Waals surface area contributed by atoms with Crippen molar-refractivity contribution in [2.45, 2.75) is 18.9 Å². The molecule has 1 aromatic rings. The Bertz CT molecular complexity index is 484. The molecular weight excluding hydrogens is 246 g/mol. The van der Waals surface area contributed by atoms with E-state index in [9.17, 15) is 9.90 Å². The first-order valence-electron chi connectivity index (χ1n) is 6.59. The van der Waals surface area contributed by atoms with Gasteiger partial charge in [-0.3, -0.25) is 4.79 Å². The van der Waals surface area contributed by atoms with E-state index in [1.165, 1.54) is 0 Å². The van der Waals surface area contributed by atoms with Crippen LogP contribution in [0.2, 0.25) is 0 Å². The lowest BCUT2D eigenvalue weighted by molar-refractivity contribution is -0.122. The number of amides is 1. The van der Waals surface area contributed by atoms with Crippen molar-refractivity contribution in [1.82, 2.24) is 5.32 Å². The molecule has 1 amide bonds. The quantitative estimate of drug-likeness (QED) is 0.851. The molecule has 0 radical (unpaired) electrons. The molecule has 1 aliphatic carbocycles. The molecule has 102 valence electrons. The number of hydrogen-bond donors (Lipinski definition) is 2. The fourth-order valence-corrected chi connectivity index (χ4v) is 2.07. The van der Waals surface area contributed by atoms with Crippen LogP contribution in [-0.2, 0) is 4.79 Å². The predicted molar refractivity (Wildman–Crippen MR) is 68.1 cm³/mol. The molecule has 1 heterocycles. The molecule has 1 atom stereocenters. The topological polar surface area (TPSA) is 67.8 Å². The van der Waals surface area contributed by atoms with Crippen molar-refractivity contribution in [3.05, 3.63) is 23.8 Å². The molecule has 1 fully saturated rings. The summed E-state index contributed by atoms with van der Waals surface area (Å²) in [5.74, 6) is 1.55. The van der Waals surface area contributed by atoms with Crippen LogP contribution in [0.1, 0.15) is 24.5 Å². The standard InChI is InChI=1S/C14H17NO4/c16-11(8-15-14(17)9-1-2-9)10-3-4-12-13(7-10)19-6-5-18-12/h3-4,7,9,11,16H,1-2,5-6,8H2,(H,15,17)/t11-/m1/s1. The number of nitrogens with one attached hydrogen (secondary N) is 1. The molecule has 1 aromatic carbocycles. The summed E-state index contributed by atoms with van der Waals surface area (Å²) >= 11 is 0. The third-order valence-corrected chi connectivity index (χ3v) is 3.37. The highest BCUT2D eigenvalue weighted by Crippen LogP contribution is 2.33. The van der Waals surface area contributed by atoms with Crippen LogP contribution in [0.5, 0.6) is 11.5 Å². The zero-order chi connectivity index (χ0) is 13.2. The predicted octanol–water partition coefficient (Wildman–Crippen LogP) is 1.02. The molecule has 0 bridgehead atoms. The first kappa shape index (κ1) is 12.3. The molecule has 0 saturated heterocycles. The van der Waals surface area contributed by atoms with Crippen LogP contribution in [0, 0.1) is 5.92 Å². The number of hydrogen-bond acceptors (Lipinski definition) is 4. The summed E-state index contributed by atoms with van der Waals surface area (Å²) in [5, 5.41) is 12.8. The molecule has 1 aliphatic heterocycles. The van der Waals surface area contributed by atoms with Crippen molar-refractivity contribution >= 4 is 5.91 Å². The van der Waals surface area contributed by atoms with Crippen LogP contribution in [0.25, 0.3) is 0 Å². The number of carbonyl (C=O) groups is 1. The van der Waals surface area contributed by atoms with Gasteiger partial charge in [-0.15, -0.1) is 0 Å². The Morgan fingerprint density at radius 1 is 1.32 bits per heavy atom. The van der Waals surface area contributed by atoms with E-state index in [-0.39, 0.29) is 18.4 Å². The SMILES string of the molecule is O=C(NC[C@@H](O)c1ccc2c(c1)OCCO2)C1CC1. The minimum atomic E-state index is -0.724. The average Bonchev–Trinajstić information content (AvgIpc) is 3.28. The second kappa shape index (κ2) is 5.09.